The number of ether oxygens (including phenoxy) is 2. The van der Waals surface area contributed by atoms with Crippen LogP contribution in [0.15, 0.2) is 48.5 Å². The van der Waals surface area contributed by atoms with Gasteiger partial charge in [0.1, 0.15) is 11.4 Å². The Bertz CT molecular complexity index is 822. The van der Waals surface area contributed by atoms with E-state index in [1.165, 1.54) is 16.7 Å². The third-order valence-corrected chi connectivity index (χ3v) is 5.32. The first kappa shape index (κ1) is 17.0. The van der Waals surface area contributed by atoms with Crippen LogP contribution in [0.5, 0.6) is 5.75 Å². The Kier molecular flexibility index (Phi) is 3.94. The highest BCUT2D eigenvalue weighted by Gasteiger charge is 2.53. The van der Waals surface area contributed by atoms with Crippen molar-refractivity contribution in [2.45, 2.75) is 50.8 Å². The lowest BCUT2D eigenvalue weighted by atomic mass is 9.80. The molecule has 2 heterocycles. The zero-order valence-corrected chi connectivity index (χ0v) is 15.7. The summed E-state index contributed by atoms with van der Waals surface area (Å²) in [6, 6.07) is 16.7. The molecule has 3 atom stereocenters. The summed E-state index contributed by atoms with van der Waals surface area (Å²) in [6.07, 6.45) is 0.701. The van der Waals surface area contributed by atoms with Crippen LogP contribution in [0.2, 0.25) is 0 Å². The first-order valence-electron chi connectivity index (χ1n) is 9.13. The first-order chi connectivity index (χ1) is 12.4. The van der Waals surface area contributed by atoms with Crippen molar-refractivity contribution >= 4 is 6.09 Å². The standard InChI is InChI=1S/C22H25NO3/c1-22(2,3)26-21(24)23-19-13-18(14-9-11-15(25-4)12-10-14)20(23)17-8-6-5-7-16(17)19/h5-12,18-20H,13H2,1-4H3. The van der Waals surface area contributed by atoms with E-state index in [0.717, 1.165) is 12.2 Å². The predicted molar refractivity (Wildman–Crippen MR) is 100 cm³/mol. The summed E-state index contributed by atoms with van der Waals surface area (Å²) in [5.41, 5.74) is 3.24. The average Bonchev–Trinajstić information content (AvgIpc) is 3.15. The second kappa shape index (κ2) is 6.04. The molecule has 2 bridgehead atoms. The molecule has 0 N–H and O–H groups in total. The van der Waals surface area contributed by atoms with E-state index in [-0.39, 0.29) is 24.1 Å². The second-order valence-corrected chi connectivity index (χ2v) is 8.09. The molecule has 4 rings (SSSR count). The number of hydrogen-bond acceptors (Lipinski definition) is 3. The molecule has 0 aromatic heterocycles. The Balaban J connectivity index is 1.70. The van der Waals surface area contributed by atoms with Crippen molar-refractivity contribution in [3.8, 4) is 5.75 Å². The maximum atomic E-state index is 13.0. The van der Waals surface area contributed by atoms with E-state index in [9.17, 15) is 4.79 Å². The summed E-state index contributed by atoms with van der Waals surface area (Å²) >= 11 is 0. The van der Waals surface area contributed by atoms with Gasteiger partial charge >= 0.3 is 6.09 Å². The molecule has 1 saturated heterocycles. The summed E-state index contributed by atoms with van der Waals surface area (Å²) in [7, 11) is 1.67. The molecule has 0 radical (unpaired) electrons. The molecule has 0 spiro atoms. The molecule has 4 heteroatoms. The van der Waals surface area contributed by atoms with E-state index < -0.39 is 5.60 Å². The third kappa shape index (κ3) is 2.74. The minimum atomic E-state index is -0.499. The number of rotatable bonds is 2. The topological polar surface area (TPSA) is 38.8 Å². The van der Waals surface area contributed by atoms with E-state index in [1.54, 1.807) is 7.11 Å². The monoisotopic (exact) mass is 351 g/mol. The van der Waals surface area contributed by atoms with Crippen LogP contribution >= 0.6 is 0 Å². The van der Waals surface area contributed by atoms with Crippen molar-refractivity contribution in [3.05, 3.63) is 65.2 Å². The Morgan fingerprint density at radius 3 is 2.31 bits per heavy atom. The number of amides is 1. The van der Waals surface area contributed by atoms with Gasteiger partial charge < -0.3 is 9.47 Å². The van der Waals surface area contributed by atoms with Crippen molar-refractivity contribution in [1.29, 1.82) is 0 Å². The van der Waals surface area contributed by atoms with Gasteiger partial charge in [0, 0.05) is 5.92 Å². The molecule has 2 aromatic carbocycles. The van der Waals surface area contributed by atoms with Gasteiger partial charge in [-0.25, -0.2) is 4.79 Å². The molecule has 2 aliphatic heterocycles. The lowest BCUT2D eigenvalue weighted by Gasteiger charge is -2.29. The molecule has 136 valence electrons. The van der Waals surface area contributed by atoms with Crippen LogP contribution in [0.4, 0.5) is 4.79 Å². The van der Waals surface area contributed by atoms with Crippen LogP contribution < -0.4 is 4.74 Å². The molecule has 0 saturated carbocycles. The number of carbonyl (C=O) groups excluding carboxylic acids is 1. The Hall–Kier alpha value is -2.49. The summed E-state index contributed by atoms with van der Waals surface area (Å²) in [5.74, 6) is 1.12. The van der Waals surface area contributed by atoms with Crippen molar-refractivity contribution in [1.82, 2.24) is 4.90 Å². The van der Waals surface area contributed by atoms with Crippen LogP contribution in [0.25, 0.3) is 0 Å². The fraction of sp³-hybridized carbons (Fsp3) is 0.409. The maximum absolute atomic E-state index is 13.0. The minimum absolute atomic E-state index is 0.0273. The van der Waals surface area contributed by atoms with Gasteiger partial charge in [-0.15, -0.1) is 0 Å². The number of benzene rings is 2. The van der Waals surface area contributed by atoms with Gasteiger partial charge in [0.2, 0.25) is 0 Å². The molecule has 26 heavy (non-hydrogen) atoms. The predicted octanol–water partition coefficient (Wildman–Crippen LogP) is 5.22. The Labute approximate surface area is 154 Å². The molecule has 3 unspecified atom stereocenters. The van der Waals surface area contributed by atoms with Gasteiger partial charge in [-0.2, -0.15) is 0 Å². The molecule has 2 aliphatic rings. The number of methoxy groups -OCH3 is 1. The maximum Gasteiger partial charge on any atom is 0.411 e. The highest BCUT2D eigenvalue weighted by Crippen LogP contribution is 2.59. The zero-order valence-electron chi connectivity index (χ0n) is 15.7. The molecule has 2 aromatic rings. The van der Waals surface area contributed by atoms with Crippen LogP contribution in [-0.2, 0) is 4.74 Å². The van der Waals surface area contributed by atoms with E-state index in [4.69, 9.17) is 9.47 Å². The van der Waals surface area contributed by atoms with E-state index >= 15 is 0 Å². The molecule has 1 fully saturated rings. The van der Waals surface area contributed by atoms with Crippen LogP contribution in [0.3, 0.4) is 0 Å². The molecule has 0 aliphatic carbocycles. The molecular formula is C22H25NO3. The lowest BCUT2D eigenvalue weighted by molar-refractivity contribution is 0.0172. The minimum Gasteiger partial charge on any atom is -0.497 e. The summed E-state index contributed by atoms with van der Waals surface area (Å²) < 4.78 is 11.0. The van der Waals surface area contributed by atoms with Crippen molar-refractivity contribution < 1.29 is 14.3 Å². The van der Waals surface area contributed by atoms with Gasteiger partial charge in [0.15, 0.2) is 0 Å². The van der Waals surface area contributed by atoms with Crippen LogP contribution in [0, 0.1) is 0 Å². The highest BCUT2D eigenvalue weighted by atomic mass is 16.6. The number of hydrogen-bond donors (Lipinski definition) is 0. The Morgan fingerprint density at radius 1 is 1.04 bits per heavy atom. The quantitative estimate of drug-likeness (QED) is 0.745. The van der Waals surface area contributed by atoms with E-state index in [1.807, 2.05) is 37.8 Å². The number of fused-ring (bicyclic) bond motifs is 5. The zero-order chi connectivity index (χ0) is 18.5. The van der Waals surface area contributed by atoms with Crippen molar-refractivity contribution in [2.24, 2.45) is 0 Å². The summed E-state index contributed by atoms with van der Waals surface area (Å²) in [6.45, 7) is 5.74. The normalized spacial score (nSPS) is 23.7. The fourth-order valence-corrected chi connectivity index (χ4v) is 4.32. The average molecular weight is 351 g/mol. The lowest BCUT2D eigenvalue weighted by Crippen LogP contribution is -2.35. The smallest absolute Gasteiger partial charge is 0.411 e. The van der Waals surface area contributed by atoms with Crippen molar-refractivity contribution in [3.63, 3.8) is 0 Å². The van der Waals surface area contributed by atoms with Gasteiger partial charge in [0.25, 0.3) is 0 Å². The molecule has 1 amide bonds. The van der Waals surface area contributed by atoms with Crippen LogP contribution in [-0.4, -0.2) is 23.7 Å². The summed E-state index contributed by atoms with van der Waals surface area (Å²) in [5, 5.41) is 0. The Morgan fingerprint density at radius 2 is 1.69 bits per heavy atom. The van der Waals surface area contributed by atoms with Gasteiger partial charge in [-0.05, 0) is 56.0 Å². The first-order valence-corrected chi connectivity index (χ1v) is 9.13. The van der Waals surface area contributed by atoms with Crippen LogP contribution in [0.1, 0.15) is 61.9 Å². The van der Waals surface area contributed by atoms with Gasteiger partial charge in [0.05, 0.1) is 19.2 Å². The highest BCUT2D eigenvalue weighted by molar-refractivity contribution is 5.73. The third-order valence-electron chi connectivity index (χ3n) is 5.32. The molecule has 4 nitrogen and oxygen atoms in total. The van der Waals surface area contributed by atoms with E-state index in [2.05, 4.69) is 36.4 Å². The second-order valence-electron chi connectivity index (χ2n) is 8.09. The van der Waals surface area contributed by atoms with Crippen molar-refractivity contribution in [2.75, 3.05) is 7.11 Å². The van der Waals surface area contributed by atoms with Gasteiger partial charge in [-0.3, -0.25) is 4.90 Å². The number of carbonyl (C=O) groups is 1. The summed E-state index contributed by atoms with van der Waals surface area (Å²) in [4.78, 5) is 14.9. The number of nitrogens with zero attached hydrogens (tertiary/aromatic N) is 1. The SMILES string of the molecule is COc1ccc(C2CC3c4ccccc4C2N3C(=O)OC(C)(C)C)cc1. The molecular weight excluding hydrogens is 326 g/mol. The van der Waals surface area contributed by atoms with Gasteiger partial charge in [-0.1, -0.05) is 36.4 Å². The largest absolute Gasteiger partial charge is 0.497 e. The fourth-order valence-electron chi connectivity index (χ4n) is 4.32. The van der Waals surface area contributed by atoms with E-state index in [0.29, 0.717) is 0 Å².